The smallest absolute Gasteiger partial charge is 0.306 e. The van der Waals surface area contributed by atoms with Gasteiger partial charge < -0.3 is 14.6 Å². The molecule has 252 valence electrons. The molecule has 0 aromatic rings. The molecule has 0 radical (unpaired) electrons. The minimum Gasteiger partial charge on any atom is -0.457 e. The number of aliphatic hydroxyl groups excluding tert-OH is 1. The van der Waals surface area contributed by atoms with E-state index in [1.165, 1.54) is 128 Å². The van der Waals surface area contributed by atoms with E-state index in [2.05, 4.69) is 50.3 Å². The highest BCUT2D eigenvalue weighted by atomic mass is 16.6. The standard InChI is InChI=1S/C39H72O4/c1-3-5-7-9-10-11-12-13-14-15-16-17-18-19-20-21-22-23-24-25-26-27-28-29-31-33-35-42-37-38(36-40)43-39(41)34-32-30-8-6-4-2/h12-13,15-16,18-19,38,40H,3-11,14,17,20-37H2,1-2H3/b13-12-,16-15-,19-18-. The highest BCUT2D eigenvalue weighted by Gasteiger charge is 2.13. The molecule has 0 aliphatic rings. The van der Waals surface area contributed by atoms with Crippen LogP contribution in [0.5, 0.6) is 0 Å². The highest BCUT2D eigenvalue weighted by molar-refractivity contribution is 5.69. The van der Waals surface area contributed by atoms with Crippen molar-refractivity contribution in [2.75, 3.05) is 19.8 Å². The van der Waals surface area contributed by atoms with Crippen LogP contribution in [0.15, 0.2) is 36.5 Å². The SMILES string of the molecule is CCCCCCC/C=C\C/C=C\C/C=C\CCCCCCCCCCCCCOCC(CO)OC(=O)CCCCCCC. The van der Waals surface area contributed by atoms with Gasteiger partial charge in [0, 0.05) is 13.0 Å². The third-order valence-electron chi connectivity index (χ3n) is 7.97. The average molecular weight is 605 g/mol. The van der Waals surface area contributed by atoms with E-state index in [1.807, 2.05) is 0 Å². The summed E-state index contributed by atoms with van der Waals surface area (Å²) in [5, 5.41) is 9.45. The summed E-state index contributed by atoms with van der Waals surface area (Å²) in [6.07, 6.45) is 45.1. The first-order valence-corrected chi connectivity index (χ1v) is 18.6. The number of ether oxygens (including phenoxy) is 2. The number of hydrogen-bond acceptors (Lipinski definition) is 4. The van der Waals surface area contributed by atoms with Gasteiger partial charge in [-0.2, -0.15) is 0 Å². The molecule has 0 saturated carbocycles. The first-order valence-electron chi connectivity index (χ1n) is 18.6. The number of hydrogen-bond donors (Lipinski definition) is 1. The van der Waals surface area contributed by atoms with Crippen LogP contribution in [0, 0.1) is 0 Å². The second-order valence-corrected chi connectivity index (χ2v) is 12.3. The molecule has 0 aliphatic heterocycles. The van der Waals surface area contributed by atoms with Crippen LogP contribution in [0.4, 0.5) is 0 Å². The molecule has 0 saturated heterocycles. The average Bonchev–Trinajstić information content (AvgIpc) is 3.01. The predicted molar refractivity (Wildman–Crippen MR) is 187 cm³/mol. The molecule has 0 heterocycles. The molecule has 0 aromatic heterocycles. The van der Waals surface area contributed by atoms with Crippen molar-refractivity contribution in [3.8, 4) is 0 Å². The van der Waals surface area contributed by atoms with E-state index in [4.69, 9.17) is 9.47 Å². The van der Waals surface area contributed by atoms with Gasteiger partial charge in [0.2, 0.25) is 0 Å². The van der Waals surface area contributed by atoms with Crippen LogP contribution < -0.4 is 0 Å². The minimum atomic E-state index is -0.529. The van der Waals surface area contributed by atoms with E-state index >= 15 is 0 Å². The van der Waals surface area contributed by atoms with Crippen LogP contribution in [-0.4, -0.2) is 37.0 Å². The zero-order valence-electron chi connectivity index (χ0n) is 28.7. The van der Waals surface area contributed by atoms with E-state index in [9.17, 15) is 9.90 Å². The molecular weight excluding hydrogens is 532 g/mol. The topological polar surface area (TPSA) is 55.8 Å². The lowest BCUT2D eigenvalue weighted by Gasteiger charge is -2.15. The van der Waals surface area contributed by atoms with Crippen molar-refractivity contribution in [1.82, 2.24) is 0 Å². The Labute approximate surface area is 268 Å². The van der Waals surface area contributed by atoms with Crippen molar-refractivity contribution >= 4 is 5.97 Å². The summed E-state index contributed by atoms with van der Waals surface area (Å²) in [6, 6.07) is 0. The van der Waals surface area contributed by atoms with E-state index in [1.54, 1.807) is 0 Å². The largest absolute Gasteiger partial charge is 0.457 e. The number of carbonyl (C=O) groups excluding carboxylic acids is 1. The molecule has 1 N–H and O–H groups in total. The molecular formula is C39H72O4. The lowest BCUT2D eigenvalue weighted by atomic mass is 10.1. The zero-order valence-corrected chi connectivity index (χ0v) is 28.7. The number of carbonyl (C=O) groups is 1. The van der Waals surface area contributed by atoms with Gasteiger partial charge in [-0.15, -0.1) is 0 Å². The fourth-order valence-corrected chi connectivity index (χ4v) is 5.16. The number of aliphatic hydroxyl groups is 1. The van der Waals surface area contributed by atoms with Gasteiger partial charge in [0.1, 0.15) is 6.10 Å². The van der Waals surface area contributed by atoms with Gasteiger partial charge in [0.05, 0.1) is 13.2 Å². The van der Waals surface area contributed by atoms with Gasteiger partial charge in [0.15, 0.2) is 0 Å². The predicted octanol–water partition coefficient (Wildman–Crippen LogP) is 11.8. The lowest BCUT2D eigenvalue weighted by Crippen LogP contribution is -2.27. The van der Waals surface area contributed by atoms with E-state index in [0.29, 0.717) is 19.6 Å². The van der Waals surface area contributed by atoms with Crippen molar-refractivity contribution in [1.29, 1.82) is 0 Å². The third-order valence-corrected chi connectivity index (χ3v) is 7.97. The Morgan fingerprint density at radius 3 is 1.47 bits per heavy atom. The number of rotatable bonds is 34. The summed E-state index contributed by atoms with van der Waals surface area (Å²) in [5.74, 6) is -0.215. The van der Waals surface area contributed by atoms with Crippen LogP contribution in [0.2, 0.25) is 0 Å². The molecule has 0 bridgehead atoms. The first-order chi connectivity index (χ1) is 21.2. The van der Waals surface area contributed by atoms with Gasteiger partial charge in [-0.3, -0.25) is 4.79 Å². The Morgan fingerprint density at radius 1 is 0.558 bits per heavy atom. The maximum absolute atomic E-state index is 11.9. The summed E-state index contributed by atoms with van der Waals surface area (Å²) in [5.41, 5.74) is 0. The second-order valence-electron chi connectivity index (χ2n) is 12.3. The zero-order chi connectivity index (χ0) is 31.3. The third kappa shape index (κ3) is 35.0. The van der Waals surface area contributed by atoms with Crippen LogP contribution in [0.25, 0.3) is 0 Å². The van der Waals surface area contributed by atoms with E-state index in [0.717, 1.165) is 32.1 Å². The summed E-state index contributed by atoms with van der Waals surface area (Å²) in [4.78, 5) is 11.9. The lowest BCUT2D eigenvalue weighted by molar-refractivity contribution is -0.154. The van der Waals surface area contributed by atoms with Crippen LogP contribution in [0.3, 0.4) is 0 Å². The molecule has 0 rings (SSSR count). The van der Waals surface area contributed by atoms with Crippen molar-refractivity contribution < 1.29 is 19.4 Å². The maximum Gasteiger partial charge on any atom is 0.306 e. The molecule has 0 fully saturated rings. The molecule has 0 aromatic carbocycles. The van der Waals surface area contributed by atoms with Crippen molar-refractivity contribution in [2.45, 2.75) is 187 Å². The van der Waals surface area contributed by atoms with E-state index < -0.39 is 6.10 Å². The van der Waals surface area contributed by atoms with E-state index in [-0.39, 0.29) is 12.6 Å². The highest BCUT2D eigenvalue weighted by Crippen LogP contribution is 2.13. The molecule has 1 atom stereocenters. The first kappa shape index (κ1) is 41.6. The monoisotopic (exact) mass is 605 g/mol. The van der Waals surface area contributed by atoms with Gasteiger partial charge >= 0.3 is 5.97 Å². The molecule has 0 amide bonds. The molecule has 0 spiro atoms. The second kappa shape index (κ2) is 36.8. The van der Waals surface area contributed by atoms with Crippen molar-refractivity contribution in [3.63, 3.8) is 0 Å². The Bertz CT molecular complexity index is 639. The summed E-state index contributed by atoms with van der Waals surface area (Å²) in [7, 11) is 0. The van der Waals surface area contributed by atoms with Gasteiger partial charge in [0.25, 0.3) is 0 Å². The maximum atomic E-state index is 11.9. The van der Waals surface area contributed by atoms with Gasteiger partial charge in [-0.05, 0) is 51.4 Å². The molecule has 1 unspecified atom stereocenters. The Morgan fingerprint density at radius 2 is 0.977 bits per heavy atom. The van der Waals surface area contributed by atoms with Crippen LogP contribution in [0.1, 0.15) is 181 Å². The van der Waals surface area contributed by atoms with Crippen molar-refractivity contribution in [3.05, 3.63) is 36.5 Å². The quantitative estimate of drug-likeness (QED) is 0.0451. The Kier molecular flexibility index (Phi) is 35.6. The number of allylic oxidation sites excluding steroid dienone is 6. The Hall–Kier alpha value is -1.39. The molecule has 43 heavy (non-hydrogen) atoms. The van der Waals surface area contributed by atoms with Gasteiger partial charge in [-0.1, -0.05) is 159 Å². The normalized spacial score (nSPS) is 12.7. The summed E-state index contributed by atoms with van der Waals surface area (Å²) >= 11 is 0. The molecule has 4 nitrogen and oxygen atoms in total. The fourth-order valence-electron chi connectivity index (χ4n) is 5.16. The summed E-state index contributed by atoms with van der Waals surface area (Å²) < 4.78 is 11.0. The van der Waals surface area contributed by atoms with Crippen molar-refractivity contribution in [2.24, 2.45) is 0 Å². The fraction of sp³-hybridized carbons (Fsp3) is 0.821. The summed E-state index contributed by atoms with van der Waals surface area (Å²) in [6.45, 7) is 5.25. The number of esters is 1. The minimum absolute atomic E-state index is 0.172. The Balaban J connectivity index is 3.37. The molecule has 4 heteroatoms. The van der Waals surface area contributed by atoms with Crippen LogP contribution >= 0.6 is 0 Å². The van der Waals surface area contributed by atoms with Gasteiger partial charge in [-0.25, -0.2) is 0 Å². The van der Waals surface area contributed by atoms with Crippen LogP contribution in [-0.2, 0) is 14.3 Å². The number of unbranched alkanes of at least 4 members (excludes halogenated alkanes) is 20. The molecule has 0 aliphatic carbocycles.